The Labute approximate surface area is 561 Å². The van der Waals surface area contributed by atoms with Gasteiger partial charge in [-0.25, -0.2) is 0 Å². The highest BCUT2D eigenvalue weighted by Crippen LogP contribution is 2.73. The van der Waals surface area contributed by atoms with Crippen molar-refractivity contribution in [2.24, 2.45) is 10.8 Å². The molecule has 0 aromatic carbocycles. The molecule has 86 heavy (non-hydrogen) atoms. The number of unbranched alkanes of at least 4 members (excludes halogenated alkanes) is 56. The fraction of sp³-hybridized carbons (Fsp3) is 1.00. The third-order valence-corrected chi connectivity index (χ3v) is 26.7. The van der Waals surface area contributed by atoms with E-state index in [9.17, 15) is 0 Å². The summed E-state index contributed by atoms with van der Waals surface area (Å²) in [6.07, 6.45) is 107. The van der Waals surface area contributed by atoms with Crippen LogP contribution in [0.1, 0.15) is 512 Å². The molecule has 0 bridgehead atoms. The molecule has 2 heteroatoms. The fourth-order valence-corrected chi connectivity index (χ4v) is 21.8. The maximum Gasteiger partial charge on any atom is 0.0837 e. The predicted molar refractivity (Wildman–Crippen MR) is 400 cm³/mol. The lowest BCUT2D eigenvalue weighted by atomic mass is 9.49. The maximum absolute atomic E-state index is 3.12. The summed E-state index contributed by atoms with van der Waals surface area (Å²) < 4.78 is 0. The van der Waals surface area contributed by atoms with Gasteiger partial charge in [0.1, 0.15) is 0 Å². The second-order valence-electron chi connectivity index (χ2n) is 30.1. The molecule has 0 saturated carbocycles. The van der Waals surface area contributed by atoms with Gasteiger partial charge in [-0.2, -0.15) is 0 Å². The van der Waals surface area contributed by atoms with Crippen LogP contribution < -0.4 is 17.0 Å². The lowest BCUT2D eigenvalue weighted by Gasteiger charge is -2.61. The zero-order chi connectivity index (χ0) is 62.0. The molecular weight excluding hydrogens is 1120 g/mol. The minimum Gasteiger partial charge on any atom is -1.00 e. The molecule has 0 unspecified atom stereocenters. The molecule has 0 aromatic rings. The topological polar surface area (TPSA) is 0 Å². The third kappa shape index (κ3) is 48.6. The monoisotopic (exact) mass is 1290 g/mol. The summed E-state index contributed by atoms with van der Waals surface area (Å²) in [5.74, 6) is 0. The molecule has 0 aromatic heterocycles. The normalized spacial score (nSPS) is 12.3. The molecule has 0 heterocycles. The van der Waals surface area contributed by atoms with Gasteiger partial charge in [-0.1, -0.05) is 448 Å². The Hall–Kier alpha value is 0.910. The van der Waals surface area contributed by atoms with Crippen molar-refractivity contribution < 1.29 is 17.0 Å². The highest BCUT2D eigenvalue weighted by molar-refractivity contribution is 7.59. The summed E-state index contributed by atoms with van der Waals surface area (Å²) in [7, 11) is -0.651. The zero-order valence-corrected chi connectivity index (χ0v) is 64.9. The van der Waals surface area contributed by atoms with Gasteiger partial charge in [0.05, 0.1) is 17.5 Å². The second kappa shape index (κ2) is 70.2. The van der Waals surface area contributed by atoms with E-state index in [1.807, 2.05) is 0 Å². The van der Waals surface area contributed by atoms with Crippen LogP contribution in [0, 0.1) is 10.8 Å². The standard InChI is InChI=1S/C84H171P.BrH/c1-10-18-26-32-38-44-50-56-62-68-74-82(9,75-69-63-57-51-45-39-33-27-19-11-2)83(76-70-64-58-52-46-40-34-28-20-12-3,77-71-65-59-53-47-41-35-29-21-13-4)84(85(80-24-16-7)81-25-17-8,78-72-66-60-54-48-42-36-30-22-14-5)79-73-67-61-55-49-43-37-31-23-15-6;/h10-81H2,1-9H3;1H. The average Bonchev–Trinajstić information content (AvgIpc) is 0.797. The lowest BCUT2D eigenvalue weighted by molar-refractivity contribution is -0.0423. The van der Waals surface area contributed by atoms with Gasteiger partial charge in [0.2, 0.25) is 0 Å². The average molecular weight is 1290 g/mol. The van der Waals surface area contributed by atoms with Crippen LogP contribution in [0.25, 0.3) is 0 Å². The SMILES string of the molecule is CCCCCCCCCCCCC(C)(CCCCCCCCCCCC)C(CCCCCCCCCCCC)(CCCCCCCCCCCC)C(CCCCCCCCCCCC)(CCCCCCCCCCCC)[PH+](CCCC)CCCC.[Br-]. The molecule has 0 rings (SSSR count). The summed E-state index contributed by atoms with van der Waals surface area (Å²) in [6.45, 7) is 22.6. The molecule has 0 aliphatic rings. The van der Waals surface area contributed by atoms with Crippen molar-refractivity contribution in [2.45, 2.75) is 517 Å². The Balaban J connectivity index is 0. The molecular formula is C84H172BrP. The van der Waals surface area contributed by atoms with Crippen molar-refractivity contribution in [3.8, 4) is 0 Å². The molecule has 0 spiro atoms. The van der Waals surface area contributed by atoms with Crippen LogP contribution in [0.15, 0.2) is 0 Å². The van der Waals surface area contributed by atoms with E-state index in [0.717, 1.165) is 0 Å². The van der Waals surface area contributed by atoms with Crippen molar-refractivity contribution in [3.05, 3.63) is 0 Å². The number of halogens is 1. The quantitative estimate of drug-likeness (QED) is 0.0421. The van der Waals surface area contributed by atoms with Gasteiger partial charge in [0.25, 0.3) is 0 Å². The first-order valence-electron chi connectivity index (χ1n) is 41.7. The maximum atomic E-state index is 3.12. The van der Waals surface area contributed by atoms with Crippen LogP contribution in [-0.4, -0.2) is 17.5 Å². The Morgan fingerprint density at radius 3 is 0.512 bits per heavy atom. The van der Waals surface area contributed by atoms with E-state index in [4.69, 9.17) is 0 Å². The minimum absolute atomic E-state index is 0. The lowest BCUT2D eigenvalue weighted by Crippen LogP contribution is -3.00. The summed E-state index contributed by atoms with van der Waals surface area (Å²) in [6, 6.07) is 0. The highest BCUT2D eigenvalue weighted by Gasteiger charge is 2.64. The fourth-order valence-electron chi connectivity index (χ4n) is 16.7. The van der Waals surface area contributed by atoms with Crippen LogP contribution in [-0.2, 0) is 0 Å². The van der Waals surface area contributed by atoms with E-state index in [2.05, 4.69) is 62.3 Å². The van der Waals surface area contributed by atoms with Crippen molar-refractivity contribution in [1.82, 2.24) is 0 Å². The van der Waals surface area contributed by atoms with Crippen molar-refractivity contribution in [2.75, 3.05) is 12.3 Å². The van der Waals surface area contributed by atoms with Gasteiger partial charge in [0.15, 0.2) is 0 Å². The predicted octanol–water partition coefficient (Wildman–Crippen LogP) is 29.4. The Morgan fingerprint density at radius 1 is 0.174 bits per heavy atom. The van der Waals surface area contributed by atoms with Crippen LogP contribution >= 0.6 is 7.92 Å². The van der Waals surface area contributed by atoms with Crippen LogP contribution in [0.5, 0.6) is 0 Å². The smallest absolute Gasteiger partial charge is 0.0837 e. The van der Waals surface area contributed by atoms with Gasteiger partial charge in [-0.15, -0.1) is 0 Å². The largest absolute Gasteiger partial charge is 1.00 e. The molecule has 0 aliphatic heterocycles. The molecule has 520 valence electrons. The van der Waals surface area contributed by atoms with Crippen LogP contribution in [0.3, 0.4) is 0 Å². The summed E-state index contributed by atoms with van der Waals surface area (Å²) in [5.41, 5.74) is 0.921. The van der Waals surface area contributed by atoms with E-state index in [1.165, 1.54) is 398 Å². The molecule has 0 radical (unpaired) electrons. The zero-order valence-electron chi connectivity index (χ0n) is 62.3. The number of rotatable bonds is 75. The van der Waals surface area contributed by atoms with E-state index < -0.39 is 7.92 Å². The third-order valence-electron chi connectivity index (χ3n) is 22.4. The molecule has 0 fully saturated rings. The summed E-state index contributed by atoms with van der Waals surface area (Å²) >= 11 is 0. The van der Waals surface area contributed by atoms with Gasteiger partial charge in [-0.3, -0.25) is 0 Å². The first kappa shape index (κ1) is 89.0. The molecule has 0 N–H and O–H groups in total. The van der Waals surface area contributed by atoms with Gasteiger partial charge >= 0.3 is 0 Å². The molecule has 0 saturated heterocycles. The highest BCUT2D eigenvalue weighted by atomic mass is 79.9. The van der Waals surface area contributed by atoms with E-state index in [-0.39, 0.29) is 17.0 Å². The van der Waals surface area contributed by atoms with Crippen molar-refractivity contribution in [1.29, 1.82) is 0 Å². The van der Waals surface area contributed by atoms with E-state index in [0.29, 0.717) is 16.0 Å². The Kier molecular flexibility index (Phi) is 72.7. The van der Waals surface area contributed by atoms with Crippen molar-refractivity contribution in [3.63, 3.8) is 0 Å². The van der Waals surface area contributed by atoms with Gasteiger partial charge < -0.3 is 17.0 Å². The van der Waals surface area contributed by atoms with Gasteiger partial charge in [-0.05, 0) is 69.6 Å². The number of hydrogen-bond donors (Lipinski definition) is 0. The van der Waals surface area contributed by atoms with Crippen LogP contribution in [0.4, 0.5) is 0 Å². The first-order valence-corrected chi connectivity index (χ1v) is 43.6. The minimum atomic E-state index is -0.651. The molecule has 0 amide bonds. The Morgan fingerprint density at radius 2 is 0.326 bits per heavy atom. The summed E-state index contributed by atoms with van der Waals surface area (Å²) in [5, 5.41) is 0.562. The Bertz CT molecular complexity index is 1150. The van der Waals surface area contributed by atoms with Gasteiger partial charge in [0, 0.05) is 13.3 Å². The van der Waals surface area contributed by atoms with E-state index in [1.54, 1.807) is 63.7 Å². The summed E-state index contributed by atoms with van der Waals surface area (Å²) in [4.78, 5) is 0. The number of hydrogen-bond acceptors (Lipinski definition) is 0. The first-order chi connectivity index (χ1) is 41.9. The molecule has 0 nitrogen and oxygen atoms in total. The molecule has 0 aliphatic carbocycles. The van der Waals surface area contributed by atoms with Crippen molar-refractivity contribution >= 4 is 7.92 Å². The second-order valence-corrected chi connectivity index (χ2v) is 33.3. The van der Waals surface area contributed by atoms with E-state index >= 15 is 0 Å². The molecule has 0 atom stereocenters. The van der Waals surface area contributed by atoms with Crippen LogP contribution in [0.2, 0.25) is 0 Å².